The maximum atomic E-state index is 11.4. The molecule has 0 aromatic heterocycles. The van der Waals surface area contributed by atoms with Crippen molar-refractivity contribution < 1.29 is 9.90 Å². The van der Waals surface area contributed by atoms with Gasteiger partial charge in [-0.3, -0.25) is 4.79 Å². The number of thioether (sulfide) groups is 1. The predicted octanol–water partition coefficient (Wildman–Crippen LogP) is 2.34. The molecule has 0 spiro atoms. The molecule has 0 fully saturated rings. The van der Waals surface area contributed by atoms with Crippen LogP contribution < -0.4 is 5.73 Å². The fourth-order valence-corrected chi connectivity index (χ4v) is 2.87. The summed E-state index contributed by atoms with van der Waals surface area (Å²) in [4.78, 5) is 11.4. The summed E-state index contributed by atoms with van der Waals surface area (Å²) in [6.45, 7) is 2.06. The van der Waals surface area contributed by atoms with Gasteiger partial charge in [0.2, 0.25) is 5.91 Å². The van der Waals surface area contributed by atoms with Crippen LogP contribution in [0.5, 0.6) is 0 Å². The molecule has 1 aromatic carbocycles. The first-order valence-electron chi connectivity index (χ1n) is 5.31. The van der Waals surface area contributed by atoms with Crippen molar-refractivity contribution in [2.75, 3.05) is 12.4 Å². The largest absolute Gasteiger partial charge is 0.396 e. The molecule has 1 aromatic rings. The molecule has 0 radical (unpaired) electrons. The minimum Gasteiger partial charge on any atom is -0.396 e. The molecule has 0 saturated heterocycles. The van der Waals surface area contributed by atoms with Gasteiger partial charge in [-0.1, -0.05) is 35.0 Å². The average molecular weight is 318 g/mol. The molecule has 0 aliphatic rings. The smallest absolute Gasteiger partial charge is 0.235 e. The molecule has 1 rings (SSSR count). The van der Waals surface area contributed by atoms with Crippen LogP contribution in [-0.2, 0) is 4.79 Å². The van der Waals surface area contributed by atoms with Gasteiger partial charge in [-0.2, -0.15) is 0 Å². The van der Waals surface area contributed by atoms with E-state index in [0.717, 1.165) is 10.0 Å². The number of aliphatic hydroxyl groups excluding tert-OH is 1. The number of hydrogen-bond donors (Lipinski definition) is 2. The molecule has 0 aliphatic heterocycles. The van der Waals surface area contributed by atoms with Gasteiger partial charge in [0.1, 0.15) is 5.25 Å². The van der Waals surface area contributed by atoms with Crippen molar-refractivity contribution in [3.8, 4) is 0 Å². The van der Waals surface area contributed by atoms with E-state index >= 15 is 0 Å². The Bertz CT molecular complexity index is 387. The van der Waals surface area contributed by atoms with E-state index in [1.54, 1.807) is 0 Å². The highest BCUT2D eigenvalue weighted by atomic mass is 79.9. The summed E-state index contributed by atoms with van der Waals surface area (Å²) >= 11 is 4.84. The minimum absolute atomic E-state index is 0.122. The Balaban J connectivity index is 2.76. The average Bonchev–Trinajstić information content (AvgIpc) is 2.28. The molecule has 5 heteroatoms. The molecule has 17 heavy (non-hydrogen) atoms. The first kappa shape index (κ1) is 14.5. The van der Waals surface area contributed by atoms with Gasteiger partial charge in [0, 0.05) is 11.1 Å². The second-order valence-electron chi connectivity index (χ2n) is 3.96. The van der Waals surface area contributed by atoms with E-state index in [1.807, 2.05) is 31.2 Å². The Morgan fingerprint density at radius 2 is 2.29 bits per heavy atom. The molecule has 3 nitrogen and oxygen atoms in total. The molecule has 0 aliphatic carbocycles. The van der Waals surface area contributed by atoms with Crippen LogP contribution in [0.4, 0.5) is 0 Å². The number of nitrogens with two attached hydrogens (primary N) is 1. The standard InChI is InChI=1S/C12H16BrNO2S/c1-8(6-15)7-17-11(12(14)16)9-3-2-4-10(13)5-9/h2-5,8,11,15H,6-7H2,1H3,(H2,14,16). The molecule has 2 atom stereocenters. The van der Waals surface area contributed by atoms with E-state index in [0.29, 0.717) is 5.75 Å². The highest BCUT2D eigenvalue weighted by molar-refractivity contribution is 9.10. The minimum atomic E-state index is -0.360. The van der Waals surface area contributed by atoms with Crippen molar-refractivity contribution >= 4 is 33.6 Å². The highest BCUT2D eigenvalue weighted by Gasteiger charge is 2.19. The summed E-state index contributed by atoms with van der Waals surface area (Å²) in [7, 11) is 0. The zero-order valence-electron chi connectivity index (χ0n) is 9.60. The molecule has 0 saturated carbocycles. The third kappa shape index (κ3) is 4.69. The van der Waals surface area contributed by atoms with Crippen molar-refractivity contribution in [1.29, 1.82) is 0 Å². The van der Waals surface area contributed by atoms with Crippen molar-refractivity contribution in [2.24, 2.45) is 11.7 Å². The number of aliphatic hydroxyl groups is 1. The Kier molecular flexibility index (Phi) is 6.02. The summed E-state index contributed by atoms with van der Waals surface area (Å²) in [5.41, 5.74) is 6.30. The highest BCUT2D eigenvalue weighted by Crippen LogP contribution is 2.31. The van der Waals surface area contributed by atoms with E-state index < -0.39 is 0 Å². The third-order valence-electron chi connectivity index (χ3n) is 2.27. The van der Waals surface area contributed by atoms with Gasteiger partial charge in [0.25, 0.3) is 0 Å². The monoisotopic (exact) mass is 317 g/mol. The van der Waals surface area contributed by atoms with Crippen molar-refractivity contribution in [2.45, 2.75) is 12.2 Å². The molecule has 0 heterocycles. The van der Waals surface area contributed by atoms with Crippen LogP contribution in [0.3, 0.4) is 0 Å². The molecule has 2 unspecified atom stereocenters. The predicted molar refractivity (Wildman–Crippen MR) is 74.8 cm³/mol. The first-order valence-corrected chi connectivity index (χ1v) is 7.16. The molecular weight excluding hydrogens is 302 g/mol. The molecule has 0 bridgehead atoms. The number of halogens is 1. The third-order valence-corrected chi connectivity index (χ3v) is 4.36. The number of carbonyl (C=O) groups excluding carboxylic acids is 1. The van der Waals surface area contributed by atoms with Gasteiger partial charge in [-0.25, -0.2) is 0 Å². The quantitative estimate of drug-likeness (QED) is 0.846. The summed E-state index contributed by atoms with van der Waals surface area (Å²) in [6.07, 6.45) is 0. The van der Waals surface area contributed by atoms with Crippen LogP contribution in [-0.4, -0.2) is 23.4 Å². The zero-order valence-corrected chi connectivity index (χ0v) is 12.0. The Morgan fingerprint density at radius 1 is 1.59 bits per heavy atom. The lowest BCUT2D eigenvalue weighted by atomic mass is 10.1. The summed E-state index contributed by atoms with van der Waals surface area (Å²) in [5, 5.41) is 8.60. The Labute approximate surface area is 114 Å². The van der Waals surface area contributed by atoms with Crippen LogP contribution in [0.2, 0.25) is 0 Å². The van der Waals surface area contributed by atoms with Crippen LogP contribution in [0.1, 0.15) is 17.7 Å². The number of amides is 1. The maximum Gasteiger partial charge on any atom is 0.235 e. The summed E-state index contributed by atoms with van der Waals surface area (Å²) in [6, 6.07) is 7.57. The van der Waals surface area contributed by atoms with E-state index in [4.69, 9.17) is 10.8 Å². The first-order chi connectivity index (χ1) is 8.04. The van der Waals surface area contributed by atoms with Gasteiger partial charge in [-0.15, -0.1) is 11.8 Å². The van der Waals surface area contributed by atoms with Gasteiger partial charge in [0.05, 0.1) is 0 Å². The molecule has 1 amide bonds. The van der Waals surface area contributed by atoms with E-state index in [2.05, 4.69) is 15.9 Å². The van der Waals surface area contributed by atoms with Crippen molar-refractivity contribution in [3.63, 3.8) is 0 Å². The number of benzene rings is 1. The van der Waals surface area contributed by atoms with E-state index in [9.17, 15) is 4.79 Å². The lowest BCUT2D eigenvalue weighted by Crippen LogP contribution is -2.20. The maximum absolute atomic E-state index is 11.4. The van der Waals surface area contributed by atoms with Gasteiger partial charge < -0.3 is 10.8 Å². The van der Waals surface area contributed by atoms with E-state index in [-0.39, 0.29) is 23.7 Å². The second-order valence-corrected chi connectivity index (χ2v) is 6.01. The summed E-state index contributed by atoms with van der Waals surface area (Å²) in [5.74, 6) is 0.517. The number of rotatable bonds is 6. The zero-order chi connectivity index (χ0) is 12.8. The fraction of sp³-hybridized carbons (Fsp3) is 0.417. The van der Waals surface area contributed by atoms with Gasteiger partial charge in [-0.05, 0) is 29.4 Å². The SMILES string of the molecule is CC(CO)CSC(C(N)=O)c1cccc(Br)c1. The second kappa shape index (κ2) is 7.03. The number of carbonyl (C=O) groups is 1. The Morgan fingerprint density at radius 3 is 2.82 bits per heavy atom. The molecule has 3 N–H and O–H groups in total. The topological polar surface area (TPSA) is 63.3 Å². The lowest BCUT2D eigenvalue weighted by molar-refractivity contribution is -0.117. The normalized spacial score (nSPS) is 14.3. The molecular formula is C12H16BrNO2S. The van der Waals surface area contributed by atoms with Crippen LogP contribution in [0.25, 0.3) is 0 Å². The van der Waals surface area contributed by atoms with Crippen LogP contribution in [0.15, 0.2) is 28.7 Å². The fourth-order valence-electron chi connectivity index (χ4n) is 1.33. The lowest BCUT2D eigenvalue weighted by Gasteiger charge is -2.15. The van der Waals surface area contributed by atoms with Crippen molar-refractivity contribution in [1.82, 2.24) is 0 Å². The Hall–Kier alpha value is -0.520. The van der Waals surface area contributed by atoms with E-state index in [1.165, 1.54) is 11.8 Å². The van der Waals surface area contributed by atoms with Crippen LogP contribution in [0, 0.1) is 5.92 Å². The van der Waals surface area contributed by atoms with Crippen molar-refractivity contribution in [3.05, 3.63) is 34.3 Å². The number of primary amides is 1. The summed E-state index contributed by atoms with van der Waals surface area (Å²) < 4.78 is 0.928. The van der Waals surface area contributed by atoms with Gasteiger partial charge in [0.15, 0.2) is 0 Å². The number of hydrogen-bond acceptors (Lipinski definition) is 3. The molecule has 94 valence electrons. The van der Waals surface area contributed by atoms with Gasteiger partial charge >= 0.3 is 0 Å². The van der Waals surface area contributed by atoms with Crippen LogP contribution >= 0.6 is 27.7 Å².